The number of quaternary nitrogens is 1. The molecule has 0 saturated carbocycles. The molecule has 0 aliphatic carbocycles. The molecule has 10 heteroatoms. The maximum Gasteiger partial charge on any atom is 0.306 e. The lowest BCUT2D eigenvalue weighted by Gasteiger charge is -2.30. The molecule has 0 bridgehead atoms. The van der Waals surface area contributed by atoms with Gasteiger partial charge in [-0.3, -0.25) is 14.2 Å². The SMILES string of the molecule is CC\C=C/C=C/C=C/C=C\C=C\C=C\CCCCCC(=O)OC(/C=C/CCCCCCCCCCC)C(COP(=O)([O-])OCC[N+](C)(C)C)NC(=O)CCCCC/C=C/C/C=C/C/C=C/C/C=C/CC. The molecule has 0 aromatic rings. The van der Waals surface area contributed by atoms with E-state index in [2.05, 4.69) is 86.8 Å². The fourth-order valence-electron chi connectivity index (χ4n) is 6.84. The van der Waals surface area contributed by atoms with E-state index in [1.165, 1.54) is 44.9 Å². The van der Waals surface area contributed by atoms with Gasteiger partial charge in [0.05, 0.1) is 33.8 Å². The molecule has 1 N–H and O–H groups in total. The summed E-state index contributed by atoms with van der Waals surface area (Å²) < 4.78 is 30.1. The number of phosphoric acid groups is 1. The molecule has 396 valence electrons. The first-order valence-corrected chi connectivity index (χ1v) is 28.5. The van der Waals surface area contributed by atoms with E-state index in [1.54, 1.807) is 6.08 Å². The van der Waals surface area contributed by atoms with Crippen LogP contribution in [0, 0.1) is 0 Å². The fraction of sp³-hybridized carbons (Fsp3) is 0.600. The Morgan fingerprint density at radius 3 is 1.54 bits per heavy atom. The van der Waals surface area contributed by atoms with Crippen LogP contribution in [0.2, 0.25) is 0 Å². The standard InChI is InChI=1S/C60H99N2O7P/c1-7-10-13-16-19-22-25-27-29-31-33-35-38-41-44-47-50-53-60(64)69-58(51-48-45-42-39-36-24-21-18-15-12-9-3)57(56-68-70(65,66)67-55-54-62(4,5)6)61-59(63)52-49-46-43-40-37-34-32-30-28-26-23-20-17-14-11-8-2/h10-11,13-14,16,19-20,22-23,25,27-31,33-35,37-38,48,51,57-58H,7-9,12,15,17-18,21,24,26,32,36,39-47,49-50,52-56H2,1-6H3,(H-,61,63,65,66)/b13-10-,14-11+,19-16+,23-20+,25-22+,29-27-,30-28+,33-31+,37-34+,38-35+,51-48+. The van der Waals surface area contributed by atoms with E-state index >= 15 is 0 Å². The van der Waals surface area contributed by atoms with Crippen molar-refractivity contribution in [3.8, 4) is 0 Å². The van der Waals surface area contributed by atoms with Crippen LogP contribution in [0.15, 0.2) is 134 Å². The molecule has 3 unspecified atom stereocenters. The van der Waals surface area contributed by atoms with Crippen LogP contribution in [-0.2, 0) is 27.9 Å². The maximum atomic E-state index is 13.4. The number of ether oxygens (including phenoxy) is 1. The summed E-state index contributed by atoms with van der Waals surface area (Å²) in [5.74, 6) is -0.645. The zero-order valence-corrected chi connectivity index (χ0v) is 45.8. The van der Waals surface area contributed by atoms with Crippen molar-refractivity contribution in [2.45, 2.75) is 193 Å². The van der Waals surface area contributed by atoms with E-state index < -0.39 is 32.5 Å². The van der Waals surface area contributed by atoms with Crippen LogP contribution in [-0.4, -0.2) is 69.4 Å². The van der Waals surface area contributed by atoms with E-state index in [4.69, 9.17) is 13.8 Å². The zero-order valence-electron chi connectivity index (χ0n) is 44.9. The highest BCUT2D eigenvalue weighted by atomic mass is 31.2. The predicted molar refractivity (Wildman–Crippen MR) is 297 cm³/mol. The van der Waals surface area contributed by atoms with Gasteiger partial charge in [-0.05, 0) is 89.5 Å². The van der Waals surface area contributed by atoms with Gasteiger partial charge in [-0.25, -0.2) is 0 Å². The molecule has 0 spiro atoms. The molecule has 1 amide bonds. The van der Waals surface area contributed by atoms with Crippen molar-refractivity contribution in [2.24, 2.45) is 0 Å². The van der Waals surface area contributed by atoms with Crippen molar-refractivity contribution in [1.82, 2.24) is 5.32 Å². The summed E-state index contributed by atoms with van der Waals surface area (Å²) in [4.78, 5) is 39.8. The summed E-state index contributed by atoms with van der Waals surface area (Å²) >= 11 is 0. The Hall–Kier alpha value is -3.85. The first-order valence-electron chi connectivity index (χ1n) is 27.1. The summed E-state index contributed by atoms with van der Waals surface area (Å²) in [6.45, 7) is 6.47. The molecule has 0 saturated heterocycles. The zero-order chi connectivity index (χ0) is 51.5. The first kappa shape index (κ1) is 66.2. The van der Waals surface area contributed by atoms with Crippen LogP contribution in [0.3, 0.4) is 0 Å². The van der Waals surface area contributed by atoms with Crippen LogP contribution in [0.4, 0.5) is 0 Å². The second-order valence-corrected chi connectivity index (χ2v) is 20.2. The van der Waals surface area contributed by atoms with Crippen LogP contribution >= 0.6 is 7.82 Å². The van der Waals surface area contributed by atoms with E-state index in [9.17, 15) is 19.0 Å². The predicted octanol–water partition coefficient (Wildman–Crippen LogP) is 15.5. The van der Waals surface area contributed by atoms with Crippen molar-refractivity contribution in [3.63, 3.8) is 0 Å². The highest BCUT2D eigenvalue weighted by Crippen LogP contribution is 2.38. The summed E-state index contributed by atoms with van der Waals surface area (Å²) in [6.07, 6.45) is 68.5. The summed E-state index contributed by atoms with van der Waals surface area (Å²) in [7, 11) is 1.11. The summed E-state index contributed by atoms with van der Waals surface area (Å²) in [5.41, 5.74) is 0. The molecule has 0 radical (unpaired) electrons. The number of esters is 1. The van der Waals surface area contributed by atoms with E-state index in [0.29, 0.717) is 23.9 Å². The molecule has 70 heavy (non-hydrogen) atoms. The van der Waals surface area contributed by atoms with Crippen LogP contribution in [0.25, 0.3) is 0 Å². The van der Waals surface area contributed by atoms with Crippen LogP contribution in [0.1, 0.15) is 181 Å². The number of carbonyl (C=O) groups is 2. The number of nitrogens with zero attached hydrogens (tertiary/aromatic N) is 1. The van der Waals surface area contributed by atoms with E-state index in [1.807, 2.05) is 88.0 Å². The summed E-state index contributed by atoms with van der Waals surface area (Å²) in [5, 5.41) is 2.98. The first-order chi connectivity index (χ1) is 33.9. The average molecular weight is 991 g/mol. The van der Waals surface area contributed by atoms with Crippen molar-refractivity contribution >= 4 is 19.7 Å². The third-order valence-corrected chi connectivity index (χ3v) is 12.0. The Kier molecular flexibility index (Phi) is 46.1. The van der Waals surface area contributed by atoms with Gasteiger partial charge in [0.2, 0.25) is 5.91 Å². The molecule has 0 aromatic carbocycles. The van der Waals surface area contributed by atoms with Gasteiger partial charge in [0.1, 0.15) is 19.3 Å². The Labute approximate surface area is 428 Å². The van der Waals surface area contributed by atoms with Gasteiger partial charge in [0.15, 0.2) is 0 Å². The largest absolute Gasteiger partial charge is 0.756 e. The fourth-order valence-corrected chi connectivity index (χ4v) is 7.56. The van der Waals surface area contributed by atoms with Gasteiger partial charge in [-0.15, -0.1) is 0 Å². The van der Waals surface area contributed by atoms with Crippen LogP contribution in [0.5, 0.6) is 0 Å². The highest BCUT2D eigenvalue weighted by Gasteiger charge is 2.27. The normalized spacial score (nSPS) is 14.9. The topological polar surface area (TPSA) is 114 Å². The quantitative estimate of drug-likeness (QED) is 0.0161. The lowest BCUT2D eigenvalue weighted by Crippen LogP contribution is -2.47. The highest BCUT2D eigenvalue weighted by molar-refractivity contribution is 7.45. The number of carbonyl (C=O) groups excluding carboxylic acids is 2. The average Bonchev–Trinajstić information content (AvgIpc) is 3.32. The number of phosphoric ester groups is 1. The molecule has 0 heterocycles. The number of hydrogen-bond acceptors (Lipinski definition) is 7. The minimum absolute atomic E-state index is 0.0447. The Balaban J connectivity index is 5.54. The van der Waals surface area contributed by atoms with E-state index in [0.717, 1.165) is 89.9 Å². The van der Waals surface area contributed by atoms with Gasteiger partial charge in [-0.2, -0.15) is 0 Å². The number of rotatable bonds is 46. The minimum atomic E-state index is -4.72. The van der Waals surface area contributed by atoms with Crippen molar-refractivity contribution in [3.05, 3.63) is 134 Å². The van der Waals surface area contributed by atoms with E-state index in [-0.39, 0.29) is 25.4 Å². The van der Waals surface area contributed by atoms with Crippen molar-refractivity contribution < 1.29 is 37.3 Å². The number of amides is 1. The molecule has 9 nitrogen and oxygen atoms in total. The van der Waals surface area contributed by atoms with Crippen molar-refractivity contribution in [1.29, 1.82) is 0 Å². The lowest BCUT2D eigenvalue weighted by atomic mass is 10.1. The molecule has 0 aliphatic rings. The second-order valence-electron chi connectivity index (χ2n) is 18.8. The molecular formula is C60H99N2O7P. The third-order valence-electron chi connectivity index (χ3n) is 11.0. The van der Waals surface area contributed by atoms with Gasteiger partial charge in [0.25, 0.3) is 7.82 Å². The van der Waals surface area contributed by atoms with Crippen LogP contribution < -0.4 is 10.2 Å². The maximum absolute atomic E-state index is 13.4. The minimum Gasteiger partial charge on any atom is -0.756 e. The second kappa shape index (κ2) is 48.8. The Bertz CT molecular complexity index is 1660. The number of unbranched alkanes of at least 4 members (excludes halogenated alkanes) is 15. The molecule has 3 atom stereocenters. The number of allylic oxidation sites excluding steroid dienone is 21. The monoisotopic (exact) mass is 991 g/mol. The summed E-state index contributed by atoms with van der Waals surface area (Å²) in [6, 6.07) is -0.932. The van der Waals surface area contributed by atoms with Crippen molar-refractivity contribution in [2.75, 3.05) is 40.9 Å². The Morgan fingerprint density at radius 1 is 0.529 bits per heavy atom. The number of likely N-dealkylation sites (N-methyl/N-ethyl adjacent to an activating group) is 1. The molecule has 0 fully saturated rings. The number of hydrogen-bond donors (Lipinski definition) is 1. The Morgan fingerprint density at radius 2 is 0.986 bits per heavy atom. The molecular weight excluding hydrogens is 892 g/mol. The van der Waals surface area contributed by atoms with Gasteiger partial charge >= 0.3 is 5.97 Å². The lowest BCUT2D eigenvalue weighted by molar-refractivity contribution is -0.870. The van der Waals surface area contributed by atoms with Gasteiger partial charge < -0.3 is 28.5 Å². The smallest absolute Gasteiger partial charge is 0.306 e. The molecule has 0 aromatic heterocycles. The molecule has 0 rings (SSSR count). The van der Waals surface area contributed by atoms with Gasteiger partial charge in [-0.1, -0.05) is 213 Å². The number of nitrogens with one attached hydrogen (secondary N) is 1. The third kappa shape index (κ3) is 49.1. The molecule has 0 aliphatic heterocycles. The van der Waals surface area contributed by atoms with Gasteiger partial charge in [0, 0.05) is 12.8 Å².